The van der Waals surface area contributed by atoms with Gasteiger partial charge in [-0.3, -0.25) is 4.79 Å². The zero-order valence-electron chi connectivity index (χ0n) is 20.4. The number of nitrogens with zero attached hydrogens (tertiary/aromatic N) is 2. The Morgan fingerprint density at radius 1 is 1.11 bits per heavy atom. The lowest BCUT2D eigenvalue weighted by Gasteiger charge is -2.36. The molecule has 1 saturated carbocycles. The number of nitrogens with one attached hydrogen (secondary N) is 1. The number of ether oxygens (including phenoxy) is 2. The first-order valence-corrected chi connectivity index (χ1v) is 13.1. The molecule has 0 unspecified atom stereocenters. The lowest BCUT2D eigenvalue weighted by atomic mass is 9.93. The molecule has 0 aromatic heterocycles. The summed E-state index contributed by atoms with van der Waals surface area (Å²) < 4.78 is 11.5. The molecule has 5 rings (SSSR count). The maximum Gasteiger partial charge on any atom is 0.338 e. The molecule has 3 aliphatic rings. The third-order valence-corrected chi connectivity index (χ3v) is 7.16. The van der Waals surface area contributed by atoms with E-state index < -0.39 is 12.0 Å². The maximum absolute atomic E-state index is 13.2. The Bertz CT molecular complexity index is 1250. The molecule has 0 saturated heterocycles. The lowest BCUT2D eigenvalue weighted by Crippen LogP contribution is -2.38. The highest BCUT2D eigenvalue weighted by Crippen LogP contribution is 2.45. The van der Waals surface area contributed by atoms with Gasteiger partial charge in [-0.1, -0.05) is 42.1 Å². The van der Waals surface area contributed by atoms with Gasteiger partial charge in [-0.25, -0.2) is 9.79 Å². The van der Waals surface area contributed by atoms with Gasteiger partial charge in [0.1, 0.15) is 11.5 Å². The van der Waals surface area contributed by atoms with Crippen molar-refractivity contribution in [2.24, 2.45) is 10.9 Å². The Hall–Kier alpha value is -3.52. The second-order valence-corrected chi connectivity index (χ2v) is 9.86. The molecule has 8 heteroatoms. The summed E-state index contributed by atoms with van der Waals surface area (Å²) in [7, 11) is 0. The van der Waals surface area contributed by atoms with Crippen LogP contribution in [0.25, 0.3) is 0 Å². The number of carbonyl (C=O) groups excluding carboxylic acids is 2. The zero-order valence-corrected chi connectivity index (χ0v) is 21.2. The van der Waals surface area contributed by atoms with Crippen molar-refractivity contribution in [2.75, 3.05) is 13.2 Å². The number of para-hydroxylation sites is 1. The van der Waals surface area contributed by atoms with Gasteiger partial charge < -0.3 is 19.7 Å². The summed E-state index contributed by atoms with van der Waals surface area (Å²) in [5.74, 6) is 1.55. The standard InChI is InChI=1S/C28H29N3O4S/c1-3-34-27(33)25-18(2)30-28-31(21(17-36-28)15-24(32)29-16-19-12-13-19)26(25)20-8-7-11-23(14-20)35-22-9-5-4-6-10-22/h4-11,14,17,19,26H,3,12-13,15-16H2,1-2H3,(H,29,32)/t26-/m0/s1. The minimum Gasteiger partial charge on any atom is -0.463 e. The summed E-state index contributed by atoms with van der Waals surface area (Å²) in [4.78, 5) is 32.6. The van der Waals surface area contributed by atoms with Crippen LogP contribution in [0.5, 0.6) is 11.5 Å². The van der Waals surface area contributed by atoms with Crippen LogP contribution in [0.1, 0.15) is 44.7 Å². The molecule has 2 aromatic carbocycles. The molecule has 2 aliphatic heterocycles. The van der Waals surface area contributed by atoms with E-state index in [1.165, 1.54) is 24.6 Å². The van der Waals surface area contributed by atoms with Crippen LogP contribution in [0.2, 0.25) is 0 Å². The van der Waals surface area contributed by atoms with Crippen molar-refractivity contribution in [3.05, 3.63) is 82.5 Å². The molecule has 1 fully saturated rings. The second kappa shape index (κ2) is 10.6. The van der Waals surface area contributed by atoms with Gasteiger partial charge in [-0.05, 0) is 67.8 Å². The maximum atomic E-state index is 13.2. The van der Waals surface area contributed by atoms with Crippen molar-refractivity contribution >= 4 is 28.8 Å². The molecule has 1 N–H and O–H groups in total. The molecular formula is C28H29N3O4S. The molecule has 1 amide bonds. The van der Waals surface area contributed by atoms with Crippen LogP contribution in [-0.4, -0.2) is 35.1 Å². The molecule has 7 nitrogen and oxygen atoms in total. The smallest absolute Gasteiger partial charge is 0.338 e. The van der Waals surface area contributed by atoms with E-state index in [-0.39, 0.29) is 18.9 Å². The van der Waals surface area contributed by atoms with Crippen LogP contribution in [0.15, 0.2) is 82.0 Å². The molecule has 0 spiro atoms. The van der Waals surface area contributed by atoms with E-state index >= 15 is 0 Å². The minimum atomic E-state index is -0.492. The number of fused-ring (bicyclic) bond motifs is 1. The average molecular weight is 504 g/mol. The number of amidine groups is 1. The number of esters is 1. The van der Waals surface area contributed by atoms with Crippen LogP contribution >= 0.6 is 11.8 Å². The van der Waals surface area contributed by atoms with E-state index in [2.05, 4.69) is 5.32 Å². The number of hydrogen-bond donors (Lipinski definition) is 1. The molecule has 2 heterocycles. The number of hydrogen-bond acceptors (Lipinski definition) is 7. The number of amides is 1. The first-order chi connectivity index (χ1) is 17.5. The van der Waals surface area contributed by atoms with E-state index in [1.807, 2.05) is 71.8 Å². The van der Waals surface area contributed by atoms with Gasteiger partial charge in [0.15, 0.2) is 5.17 Å². The summed E-state index contributed by atoms with van der Waals surface area (Å²) in [5.41, 5.74) is 2.73. The van der Waals surface area contributed by atoms with Crippen molar-refractivity contribution in [2.45, 2.75) is 39.2 Å². The first kappa shape index (κ1) is 24.2. The largest absolute Gasteiger partial charge is 0.463 e. The van der Waals surface area contributed by atoms with Crippen LogP contribution < -0.4 is 10.1 Å². The molecule has 1 atom stereocenters. The van der Waals surface area contributed by atoms with Crippen molar-refractivity contribution in [1.29, 1.82) is 0 Å². The van der Waals surface area contributed by atoms with E-state index in [1.54, 1.807) is 6.92 Å². The summed E-state index contributed by atoms with van der Waals surface area (Å²) >= 11 is 1.47. The van der Waals surface area contributed by atoms with Crippen LogP contribution in [-0.2, 0) is 14.3 Å². The van der Waals surface area contributed by atoms with Crippen molar-refractivity contribution in [3.63, 3.8) is 0 Å². The number of aliphatic imine (C=N–C) groups is 1. The van der Waals surface area contributed by atoms with Crippen LogP contribution in [0, 0.1) is 5.92 Å². The monoisotopic (exact) mass is 503 g/mol. The summed E-state index contributed by atoms with van der Waals surface area (Å²) in [6, 6.07) is 16.8. The first-order valence-electron chi connectivity index (χ1n) is 12.2. The highest BCUT2D eigenvalue weighted by molar-refractivity contribution is 8.16. The highest BCUT2D eigenvalue weighted by atomic mass is 32.2. The number of rotatable bonds is 9. The van der Waals surface area contributed by atoms with Gasteiger partial charge in [-0.2, -0.15) is 0 Å². The Morgan fingerprint density at radius 2 is 1.89 bits per heavy atom. The third-order valence-electron chi connectivity index (χ3n) is 6.28. The van der Waals surface area contributed by atoms with Gasteiger partial charge in [0.2, 0.25) is 5.91 Å². The van der Waals surface area contributed by atoms with E-state index in [4.69, 9.17) is 14.5 Å². The lowest BCUT2D eigenvalue weighted by molar-refractivity contribution is -0.139. The summed E-state index contributed by atoms with van der Waals surface area (Å²) in [5, 5.41) is 5.74. The molecule has 2 aromatic rings. The number of benzene rings is 2. The number of thioether (sulfide) groups is 1. The van der Waals surface area contributed by atoms with Gasteiger partial charge in [0.25, 0.3) is 0 Å². The van der Waals surface area contributed by atoms with Crippen LogP contribution in [0.4, 0.5) is 0 Å². The number of allylic oxidation sites excluding steroid dienone is 1. The van der Waals surface area contributed by atoms with Gasteiger partial charge in [0, 0.05) is 12.2 Å². The van der Waals surface area contributed by atoms with Crippen molar-refractivity contribution < 1.29 is 19.1 Å². The quantitative estimate of drug-likeness (QED) is 0.453. The van der Waals surface area contributed by atoms with Crippen molar-refractivity contribution in [3.8, 4) is 11.5 Å². The Labute approximate surface area is 215 Å². The van der Waals surface area contributed by atoms with Crippen molar-refractivity contribution in [1.82, 2.24) is 10.2 Å². The summed E-state index contributed by atoms with van der Waals surface area (Å²) in [6.45, 7) is 4.59. The Balaban J connectivity index is 1.47. The second-order valence-electron chi connectivity index (χ2n) is 9.03. The fraction of sp³-hybridized carbons (Fsp3) is 0.321. The minimum absolute atomic E-state index is 0.0288. The Morgan fingerprint density at radius 3 is 2.64 bits per heavy atom. The molecule has 1 aliphatic carbocycles. The van der Waals surface area contributed by atoms with Crippen LogP contribution in [0.3, 0.4) is 0 Å². The fourth-order valence-corrected chi connectivity index (χ4v) is 5.30. The van der Waals surface area contributed by atoms with Gasteiger partial charge in [-0.15, -0.1) is 0 Å². The van der Waals surface area contributed by atoms with Gasteiger partial charge in [0.05, 0.1) is 30.3 Å². The Kier molecular flexibility index (Phi) is 7.13. The zero-order chi connectivity index (χ0) is 25.1. The van der Waals surface area contributed by atoms with E-state index in [9.17, 15) is 9.59 Å². The number of carbonyl (C=O) groups is 2. The third kappa shape index (κ3) is 5.33. The van der Waals surface area contributed by atoms with E-state index in [0.717, 1.165) is 28.7 Å². The fourth-order valence-electron chi connectivity index (χ4n) is 4.33. The van der Waals surface area contributed by atoms with E-state index in [0.29, 0.717) is 22.9 Å². The SMILES string of the molecule is CCOC(=O)C1=C(C)N=C2SC=C(CC(=O)NCC3CC3)N2[C@H]1c1cccc(Oc2ccccc2)c1. The molecular weight excluding hydrogens is 474 g/mol. The topological polar surface area (TPSA) is 80.2 Å². The molecule has 36 heavy (non-hydrogen) atoms. The molecule has 0 bridgehead atoms. The molecule has 186 valence electrons. The summed E-state index contributed by atoms with van der Waals surface area (Å²) in [6.07, 6.45) is 2.57. The highest BCUT2D eigenvalue weighted by Gasteiger charge is 2.41. The normalized spacial score (nSPS) is 18.8. The molecule has 0 radical (unpaired) electrons. The van der Waals surface area contributed by atoms with Gasteiger partial charge >= 0.3 is 5.97 Å². The average Bonchev–Trinajstić information content (AvgIpc) is 3.63. The predicted octanol–water partition coefficient (Wildman–Crippen LogP) is 5.53. The predicted molar refractivity (Wildman–Crippen MR) is 140 cm³/mol.